The highest BCUT2D eigenvalue weighted by atomic mass is 19.1. The van der Waals surface area contributed by atoms with Crippen LogP contribution in [-0.2, 0) is 6.54 Å². The van der Waals surface area contributed by atoms with Crippen molar-refractivity contribution in [1.29, 1.82) is 0 Å². The minimum absolute atomic E-state index is 0.216. The fourth-order valence-electron chi connectivity index (χ4n) is 2.08. The largest absolute Gasteiger partial charge is 0.364 e. The summed E-state index contributed by atoms with van der Waals surface area (Å²) >= 11 is 0. The summed E-state index contributed by atoms with van der Waals surface area (Å²) in [5, 5.41) is 3.15. The number of benzene rings is 2. The number of hydrogen-bond acceptors (Lipinski definition) is 3. The van der Waals surface area contributed by atoms with Crippen molar-refractivity contribution in [3.63, 3.8) is 0 Å². The van der Waals surface area contributed by atoms with Crippen molar-refractivity contribution in [2.24, 2.45) is 0 Å². The second-order valence-corrected chi connectivity index (χ2v) is 4.59. The van der Waals surface area contributed by atoms with Crippen molar-refractivity contribution in [1.82, 2.24) is 9.97 Å². The zero-order valence-corrected chi connectivity index (χ0v) is 11.1. The second kappa shape index (κ2) is 5.25. The van der Waals surface area contributed by atoms with Crippen LogP contribution in [0.25, 0.3) is 11.0 Å². The number of rotatable bonds is 3. The van der Waals surface area contributed by atoms with Crippen molar-refractivity contribution in [3.8, 4) is 0 Å². The molecule has 0 unspecified atom stereocenters. The van der Waals surface area contributed by atoms with Crippen LogP contribution in [0.4, 0.5) is 10.2 Å². The van der Waals surface area contributed by atoms with Gasteiger partial charge in [-0.2, -0.15) is 0 Å². The van der Waals surface area contributed by atoms with E-state index in [4.69, 9.17) is 0 Å². The van der Waals surface area contributed by atoms with Gasteiger partial charge in [0.25, 0.3) is 0 Å². The smallest absolute Gasteiger partial charge is 0.148 e. The fourth-order valence-corrected chi connectivity index (χ4v) is 2.08. The summed E-state index contributed by atoms with van der Waals surface area (Å²) in [6.07, 6.45) is 0. The van der Waals surface area contributed by atoms with Crippen molar-refractivity contribution >= 4 is 16.9 Å². The third-order valence-electron chi connectivity index (χ3n) is 3.15. The van der Waals surface area contributed by atoms with Crippen molar-refractivity contribution in [2.45, 2.75) is 13.5 Å². The van der Waals surface area contributed by atoms with Crippen LogP contribution in [0.3, 0.4) is 0 Å². The molecular formula is C16H14FN3. The molecule has 100 valence electrons. The molecule has 0 aliphatic heterocycles. The van der Waals surface area contributed by atoms with E-state index >= 15 is 0 Å². The molecule has 0 fully saturated rings. The Kier molecular flexibility index (Phi) is 3.29. The van der Waals surface area contributed by atoms with Gasteiger partial charge in [-0.25, -0.2) is 14.4 Å². The number of halogens is 1. The quantitative estimate of drug-likeness (QED) is 0.786. The topological polar surface area (TPSA) is 37.8 Å². The number of aryl methyl sites for hydroxylation is 1. The van der Waals surface area contributed by atoms with Gasteiger partial charge in [0.1, 0.15) is 11.6 Å². The third kappa shape index (κ3) is 2.45. The predicted molar refractivity (Wildman–Crippen MR) is 78.0 cm³/mol. The zero-order chi connectivity index (χ0) is 13.9. The lowest BCUT2D eigenvalue weighted by Crippen LogP contribution is -2.06. The SMILES string of the molecule is Cc1nc2ccccc2nc1NCc1ccccc1F. The van der Waals surface area contributed by atoms with Crippen LogP contribution in [0.15, 0.2) is 48.5 Å². The summed E-state index contributed by atoms with van der Waals surface area (Å²) in [7, 11) is 0. The molecule has 0 atom stereocenters. The van der Waals surface area contributed by atoms with E-state index in [9.17, 15) is 4.39 Å². The van der Waals surface area contributed by atoms with Gasteiger partial charge in [-0.05, 0) is 25.1 Å². The van der Waals surface area contributed by atoms with Crippen LogP contribution in [0.5, 0.6) is 0 Å². The standard InChI is InChI=1S/C16H14FN3/c1-11-16(18-10-12-6-2-3-7-13(12)17)20-15-9-5-4-8-14(15)19-11/h2-9H,10H2,1H3,(H,18,20). The molecule has 1 heterocycles. The molecule has 0 radical (unpaired) electrons. The highest BCUT2D eigenvalue weighted by Gasteiger charge is 2.06. The monoisotopic (exact) mass is 267 g/mol. The molecule has 0 spiro atoms. The van der Waals surface area contributed by atoms with Gasteiger partial charge in [-0.15, -0.1) is 0 Å². The van der Waals surface area contributed by atoms with Gasteiger partial charge >= 0.3 is 0 Å². The number of hydrogen-bond donors (Lipinski definition) is 1. The van der Waals surface area contributed by atoms with E-state index in [-0.39, 0.29) is 5.82 Å². The summed E-state index contributed by atoms with van der Waals surface area (Å²) in [4.78, 5) is 9.01. The maximum Gasteiger partial charge on any atom is 0.148 e. The maximum atomic E-state index is 13.6. The molecular weight excluding hydrogens is 253 g/mol. The molecule has 0 saturated heterocycles. The van der Waals surface area contributed by atoms with E-state index in [0.717, 1.165) is 16.7 Å². The number of fused-ring (bicyclic) bond motifs is 1. The number of aromatic nitrogens is 2. The molecule has 1 aromatic heterocycles. The van der Waals surface area contributed by atoms with Crippen LogP contribution in [0, 0.1) is 12.7 Å². The molecule has 0 bridgehead atoms. The van der Waals surface area contributed by atoms with E-state index < -0.39 is 0 Å². The third-order valence-corrected chi connectivity index (χ3v) is 3.15. The Morgan fingerprint density at radius 3 is 2.35 bits per heavy atom. The normalized spacial score (nSPS) is 10.7. The molecule has 1 N–H and O–H groups in total. The lowest BCUT2D eigenvalue weighted by atomic mass is 10.2. The highest BCUT2D eigenvalue weighted by molar-refractivity contribution is 5.76. The molecule has 3 rings (SSSR count). The fraction of sp³-hybridized carbons (Fsp3) is 0.125. The number of nitrogens with one attached hydrogen (secondary N) is 1. The summed E-state index contributed by atoms with van der Waals surface area (Å²) in [6.45, 7) is 2.28. The lowest BCUT2D eigenvalue weighted by molar-refractivity contribution is 0.613. The van der Waals surface area contributed by atoms with Crippen LogP contribution in [0.2, 0.25) is 0 Å². The number of nitrogens with zero attached hydrogens (tertiary/aromatic N) is 2. The Hall–Kier alpha value is -2.49. The first-order valence-corrected chi connectivity index (χ1v) is 6.45. The molecule has 3 aromatic rings. The Morgan fingerprint density at radius 1 is 0.950 bits per heavy atom. The summed E-state index contributed by atoms with van der Waals surface area (Å²) in [5.41, 5.74) is 3.11. The van der Waals surface area contributed by atoms with Gasteiger partial charge in [0, 0.05) is 12.1 Å². The molecule has 0 aliphatic rings. The first-order chi connectivity index (χ1) is 9.74. The second-order valence-electron chi connectivity index (χ2n) is 4.59. The Balaban J connectivity index is 1.87. The average molecular weight is 267 g/mol. The van der Waals surface area contributed by atoms with E-state index in [1.54, 1.807) is 12.1 Å². The van der Waals surface area contributed by atoms with Gasteiger partial charge in [0.2, 0.25) is 0 Å². The predicted octanol–water partition coefficient (Wildman–Crippen LogP) is 3.69. The molecule has 2 aromatic carbocycles. The van der Waals surface area contributed by atoms with E-state index in [1.165, 1.54) is 6.07 Å². The minimum atomic E-state index is -0.216. The molecule has 0 saturated carbocycles. The zero-order valence-electron chi connectivity index (χ0n) is 11.1. The van der Waals surface area contributed by atoms with Crippen molar-refractivity contribution < 1.29 is 4.39 Å². The highest BCUT2D eigenvalue weighted by Crippen LogP contribution is 2.17. The molecule has 3 nitrogen and oxygen atoms in total. The Bertz CT molecular complexity index is 756. The summed E-state index contributed by atoms with van der Waals surface area (Å²) < 4.78 is 13.6. The van der Waals surface area contributed by atoms with Gasteiger partial charge < -0.3 is 5.32 Å². The van der Waals surface area contributed by atoms with E-state index in [0.29, 0.717) is 17.9 Å². The molecule has 4 heteroatoms. The van der Waals surface area contributed by atoms with Gasteiger partial charge in [0.15, 0.2) is 0 Å². The summed E-state index contributed by atoms with van der Waals surface area (Å²) in [6, 6.07) is 14.4. The van der Waals surface area contributed by atoms with E-state index in [2.05, 4.69) is 15.3 Å². The lowest BCUT2D eigenvalue weighted by Gasteiger charge is -2.09. The van der Waals surface area contributed by atoms with Gasteiger partial charge in [-0.3, -0.25) is 0 Å². The molecule has 0 aliphatic carbocycles. The van der Waals surface area contributed by atoms with Gasteiger partial charge in [-0.1, -0.05) is 30.3 Å². The first-order valence-electron chi connectivity index (χ1n) is 6.45. The van der Waals surface area contributed by atoms with Crippen LogP contribution in [0.1, 0.15) is 11.3 Å². The van der Waals surface area contributed by atoms with Crippen molar-refractivity contribution in [2.75, 3.05) is 5.32 Å². The van der Waals surface area contributed by atoms with Crippen LogP contribution < -0.4 is 5.32 Å². The molecule has 0 amide bonds. The number of anilines is 1. The Morgan fingerprint density at radius 2 is 1.60 bits per heavy atom. The van der Waals surface area contributed by atoms with Crippen LogP contribution >= 0.6 is 0 Å². The van der Waals surface area contributed by atoms with Crippen LogP contribution in [-0.4, -0.2) is 9.97 Å². The minimum Gasteiger partial charge on any atom is -0.364 e. The first kappa shape index (κ1) is 12.5. The average Bonchev–Trinajstić information content (AvgIpc) is 2.46. The van der Waals surface area contributed by atoms with E-state index in [1.807, 2.05) is 37.3 Å². The number of para-hydroxylation sites is 2. The maximum absolute atomic E-state index is 13.6. The molecule has 20 heavy (non-hydrogen) atoms. The summed E-state index contributed by atoms with van der Waals surface area (Å²) in [5.74, 6) is 0.471. The van der Waals surface area contributed by atoms with Gasteiger partial charge in [0.05, 0.1) is 16.7 Å². The Labute approximate surface area is 116 Å². The van der Waals surface area contributed by atoms with Crippen molar-refractivity contribution in [3.05, 3.63) is 65.6 Å².